The highest BCUT2D eigenvalue weighted by Crippen LogP contribution is 2.35. The van der Waals surface area contributed by atoms with E-state index < -0.39 is 41.7 Å². The number of alkyl halides is 3. The van der Waals surface area contributed by atoms with Gasteiger partial charge in [-0.05, 0) is 18.1 Å². The number of para-hydroxylation sites is 1. The van der Waals surface area contributed by atoms with Crippen LogP contribution in [-0.2, 0) is 27.0 Å². The van der Waals surface area contributed by atoms with E-state index in [1.54, 1.807) is 0 Å². The van der Waals surface area contributed by atoms with E-state index in [0.29, 0.717) is 0 Å². The zero-order chi connectivity index (χ0) is 21.1. The van der Waals surface area contributed by atoms with Crippen LogP contribution in [0.15, 0.2) is 24.4 Å². The summed E-state index contributed by atoms with van der Waals surface area (Å²) in [6, 6.07) is 0.851. The minimum absolute atomic E-state index is 0.182. The van der Waals surface area contributed by atoms with Gasteiger partial charge in [-0.25, -0.2) is 4.79 Å². The number of aromatic nitrogens is 1. The van der Waals surface area contributed by atoms with Gasteiger partial charge in [0.1, 0.15) is 6.04 Å². The molecule has 1 aromatic carbocycles. The van der Waals surface area contributed by atoms with E-state index in [2.05, 4.69) is 10.3 Å². The Balaban J connectivity index is 2.20. The molecule has 0 aliphatic rings. The van der Waals surface area contributed by atoms with Crippen molar-refractivity contribution in [3.8, 4) is 0 Å². The molecule has 6 N–H and O–H groups in total. The third-order valence-corrected chi connectivity index (χ3v) is 4.15. The maximum absolute atomic E-state index is 13.1. The molecule has 28 heavy (non-hydrogen) atoms. The predicted molar refractivity (Wildman–Crippen MR) is 91.4 cm³/mol. The van der Waals surface area contributed by atoms with Crippen molar-refractivity contribution >= 4 is 28.7 Å². The number of hydrogen-bond acceptors (Lipinski definition) is 4. The highest BCUT2D eigenvalue weighted by molar-refractivity contribution is 5.89. The summed E-state index contributed by atoms with van der Waals surface area (Å²) in [4.78, 5) is 36.5. The zero-order valence-electron chi connectivity index (χ0n) is 14.4. The molecule has 1 heterocycles. The van der Waals surface area contributed by atoms with E-state index in [1.165, 1.54) is 18.3 Å². The summed E-state index contributed by atoms with van der Waals surface area (Å²) in [5.41, 5.74) is 4.75. The van der Waals surface area contributed by atoms with Crippen molar-refractivity contribution in [2.75, 3.05) is 0 Å². The van der Waals surface area contributed by atoms with Gasteiger partial charge in [-0.1, -0.05) is 12.1 Å². The van der Waals surface area contributed by atoms with Crippen molar-refractivity contribution in [1.29, 1.82) is 0 Å². The van der Waals surface area contributed by atoms with Crippen LogP contribution in [0.1, 0.15) is 24.0 Å². The molecule has 2 aromatic rings. The van der Waals surface area contributed by atoms with E-state index in [9.17, 15) is 32.7 Å². The Morgan fingerprint density at radius 2 is 1.89 bits per heavy atom. The number of aliphatic carboxylic acids is 2. The number of aromatic amines is 1. The van der Waals surface area contributed by atoms with Gasteiger partial charge in [0, 0.05) is 24.4 Å². The fourth-order valence-electron chi connectivity index (χ4n) is 2.73. The number of carbonyl (C=O) groups excluding carboxylic acids is 1. The number of carboxylic acids is 2. The van der Waals surface area contributed by atoms with Gasteiger partial charge in [-0.3, -0.25) is 9.59 Å². The fourth-order valence-corrected chi connectivity index (χ4v) is 2.73. The van der Waals surface area contributed by atoms with Crippen molar-refractivity contribution in [1.82, 2.24) is 10.3 Å². The highest BCUT2D eigenvalue weighted by atomic mass is 19.4. The number of nitrogens with two attached hydrogens (primary N) is 1. The quantitative estimate of drug-likeness (QED) is 0.453. The SMILES string of the molecule is NC(CCC(=O)O)C(=O)N[C@@H](Cc1c[nH]c2c(C(F)(F)F)cccc12)C(=O)O. The van der Waals surface area contributed by atoms with E-state index in [1.807, 2.05) is 0 Å². The van der Waals surface area contributed by atoms with Gasteiger partial charge in [-0.2, -0.15) is 13.2 Å². The number of rotatable bonds is 8. The van der Waals surface area contributed by atoms with Gasteiger partial charge in [0.25, 0.3) is 0 Å². The average molecular weight is 401 g/mol. The molecule has 0 saturated carbocycles. The molecule has 0 aliphatic carbocycles. The van der Waals surface area contributed by atoms with Crippen LogP contribution in [0, 0.1) is 0 Å². The van der Waals surface area contributed by atoms with Crippen LogP contribution < -0.4 is 11.1 Å². The second-order valence-electron chi connectivity index (χ2n) is 6.18. The minimum Gasteiger partial charge on any atom is -0.481 e. The first-order valence-corrected chi connectivity index (χ1v) is 8.17. The van der Waals surface area contributed by atoms with Gasteiger partial charge < -0.3 is 26.2 Å². The zero-order valence-corrected chi connectivity index (χ0v) is 14.4. The molecule has 0 spiro atoms. The lowest BCUT2D eigenvalue weighted by molar-refractivity contribution is -0.142. The molecule has 0 fully saturated rings. The van der Waals surface area contributed by atoms with Crippen LogP contribution in [0.5, 0.6) is 0 Å². The molecule has 2 rings (SSSR count). The summed E-state index contributed by atoms with van der Waals surface area (Å²) in [6.45, 7) is 0. The summed E-state index contributed by atoms with van der Waals surface area (Å²) in [6.07, 6.45) is -4.16. The Hall–Kier alpha value is -3.08. The first-order valence-electron chi connectivity index (χ1n) is 8.17. The summed E-state index contributed by atoms with van der Waals surface area (Å²) in [7, 11) is 0. The molecule has 0 bridgehead atoms. The molecule has 1 amide bonds. The third kappa shape index (κ3) is 5.00. The van der Waals surface area contributed by atoms with Crippen molar-refractivity contribution < 1.29 is 37.8 Å². The van der Waals surface area contributed by atoms with E-state index in [4.69, 9.17) is 10.8 Å². The Bertz CT molecular complexity index is 894. The number of halogens is 3. The predicted octanol–water partition coefficient (Wildman–Crippen LogP) is 1.49. The maximum atomic E-state index is 13.1. The minimum atomic E-state index is -4.58. The lowest BCUT2D eigenvalue weighted by atomic mass is 10.0. The van der Waals surface area contributed by atoms with Crippen molar-refractivity contribution in [2.24, 2.45) is 5.73 Å². The number of amides is 1. The maximum Gasteiger partial charge on any atom is 0.418 e. The lowest BCUT2D eigenvalue weighted by Gasteiger charge is -2.17. The number of H-pyrrole nitrogens is 1. The molecule has 0 saturated heterocycles. The van der Waals surface area contributed by atoms with Gasteiger partial charge in [0.15, 0.2) is 0 Å². The van der Waals surface area contributed by atoms with Crippen molar-refractivity contribution in [2.45, 2.75) is 37.5 Å². The van der Waals surface area contributed by atoms with Crippen LogP contribution in [0.25, 0.3) is 10.9 Å². The largest absolute Gasteiger partial charge is 0.481 e. The smallest absolute Gasteiger partial charge is 0.418 e. The molecular weight excluding hydrogens is 383 g/mol. The number of benzene rings is 1. The van der Waals surface area contributed by atoms with Gasteiger partial charge in [0.05, 0.1) is 17.1 Å². The number of nitrogens with one attached hydrogen (secondary N) is 2. The van der Waals surface area contributed by atoms with Crippen LogP contribution in [0.3, 0.4) is 0 Å². The Morgan fingerprint density at radius 1 is 1.21 bits per heavy atom. The number of carboxylic acid groups (broad SMARTS) is 2. The molecule has 1 aromatic heterocycles. The second kappa shape index (κ2) is 8.30. The molecule has 2 atom stereocenters. The molecule has 8 nitrogen and oxygen atoms in total. The average Bonchev–Trinajstić information content (AvgIpc) is 3.00. The number of fused-ring (bicyclic) bond motifs is 1. The highest BCUT2D eigenvalue weighted by Gasteiger charge is 2.33. The molecule has 0 aliphatic heterocycles. The Morgan fingerprint density at radius 3 is 2.46 bits per heavy atom. The van der Waals surface area contributed by atoms with E-state index >= 15 is 0 Å². The van der Waals surface area contributed by atoms with Crippen molar-refractivity contribution in [3.05, 3.63) is 35.5 Å². The Labute approximate surface area is 156 Å². The second-order valence-corrected chi connectivity index (χ2v) is 6.18. The topological polar surface area (TPSA) is 146 Å². The summed E-state index contributed by atoms with van der Waals surface area (Å²) < 4.78 is 39.2. The van der Waals surface area contributed by atoms with Gasteiger partial charge in [-0.15, -0.1) is 0 Å². The van der Waals surface area contributed by atoms with Crippen molar-refractivity contribution in [3.63, 3.8) is 0 Å². The summed E-state index contributed by atoms with van der Waals surface area (Å²) in [5, 5.41) is 20.3. The lowest BCUT2D eigenvalue weighted by Crippen LogP contribution is -2.49. The van der Waals surface area contributed by atoms with Crippen LogP contribution in [-0.4, -0.2) is 45.1 Å². The van der Waals surface area contributed by atoms with Crippen LogP contribution >= 0.6 is 0 Å². The summed E-state index contributed by atoms with van der Waals surface area (Å²) in [5.74, 6) is -3.41. The van der Waals surface area contributed by atoms with Gasteiger partial charge >= 0.3 is 18.1 Å². The molecule has 11 heteroatoms. The summed E-state index contributed by atoms with van der Waals surface area (Å²) >= 11 is 0. The van der Waals surface area contributed by atoms with E-state index in [-0.39, 0.29) is 35.7 Å². The standard InChI is InChI=1S/C17H18F3N3O5/c18-17(19,20)10-3-1-2-9-8(7-22-14(9)10)6-12(16(27)28)23-15(26)11(21)4-5-13(24)25/h1-3,7,11-12,22H,4-6,21H2,(H,23,26)(H,24,25)(H,27,28)/t11?,12-/m0/s1. The van der Waals surface area contributed by atoms with Gasteiger partial charge in [0.2, 0.25) is 5.91 Å². The number of carbonyl (C=O) groups is 3. The van der Waals surface area contributed by atoms with Crippen LogP contribution in [0.2, 0.25) is 0 Å². The van der Waals surface area contributed by atoms with Crippen LogP contribution in [0.4, 0.5) is 13.2 Å². The first-order chi connectivity index (χ1) is 13.0. The number of hydrogen-bond donors (Lipinski definition) is 5. The normalized spacial score (nSPS) is 13.9. The molecule has 0 radical (unpaired) electrons. The monoisotopic (exact) mass is 401 g/mol. The first kappa shape index (κ1) is 21.2. The third-order valence-electron chi connectivity index (χ3n) is 4.15. The molecule has 152 valence electrons. The fraction of sp³-hybridized carbons (Fsp3) is 0.353. The molecule has 1 unspecified atom stereocenters. The molecular formula is C17H18F3N3O5. The van der Waals surface area contributed by atoms with E-state index in [0.717, 1.165) is 6.07 Å². The Kier molecular flexibility index (Phi) is 6.29.